The van der Waals surface area contributed by atoms with E-state index in [4.69, 9.17) is 0 Å². The Bertz CT molecular complexity index is 679. The van der Waals surface area contributed by atoms with Gasteiger partial charge in [-0.05, 0) is 43.4 Å². The van der Waals surface area contributed by atoms with Crippen LogP contribution in [0.25, 0.3) is 0 Å². The highest BCUT2D eigenvalue weighted by molar-refractivity contribution is 7.91. The van der Waals surface area contributed by atoms with E-state index in [1.54, 1.807) is 31.2 Å². The van der Waals surface area contributed by atoms with E-state index in [-0.39, 0.29) is 35.0 Å². The molecule has 1 saturated heterocycles. The molecule has 0 aromatic heterocycles. The molecular weight excluding hydrogens is 348 g/mol. The van der Waals surface area contributed by atoms with Crippen LogP contribution >= 0.6 is 12.4 Å². The number of nitrogens with one attached hydrogen (secondary N) is 2. The van der Waals surface area contributed by atoms with Gasteiger partial charge >= 0.3 is 0 Å². The summed E-state index contributed by atoms with van der Waals surface area (Å²) >= 11 is 0. The van der Waals surface area contributed by atoms with Gasteiger partial charge in [0.25, 0.3) is 0 Å². The zero-order valence-electron chi connectivity index (χ0n) is 13.8. The van der Waals surface area contributed by atoms with Crippen molar-refractivity contribution in [3.05, 3.63) is 24.3 Å². The molecule has 2 N–H and O–H groups in total. The first-order chi connectivity index (χ1) is 11.0. The molecule has 1 aliphatic carbocycles. The molecule has 5 nitrogen and oxygen atoms in total. The third kappa shape index (κ3) is 4.10. The van der Waals surface area contributed by atoms with E-state index in [0.29, 0.717) is 17.6 Å². The fourth-order valence-electron chi connectivity index (χ4n) is 3.68. The van der Waals surface area contributed by atoms with E-state index in [2.05, 4.69) is 10.6 Å². The van der Waals surface area contributed by atoms with Crippen LogP contribution in [0, 0.1) is 5.92 Å². The summed E-state index contributed by atoms with van der Waals surface area (Å²) in [6.45, 7) is 1.62. The zero-order chi connectivity index (χ0) is 16.4. The van der Waals surface area contributed by atoms with E-state index in [0.717, 1.165) is 12.8 Å². The minimum Gasteiger partial charge on any atom is -0.325 e. The third-order valence-corrected chi connectivity index (χ3v) is 6.75. The Morgan fingerprint density at radius 1 is 1.29 bits per heavy atom. The van der Waals surface area contributed by atoms with Crippen molar-refractivity contribution >= 4 is 33.8 Å². The average Bonchev–Trinajstić information content (AvgIpc) is 2.99. The van der Waals surface area contributed by atoms with Crippen LogP contribution in [0.1, 0.15) is 39.0 Å². The van der Waals surface area contributed by atoms with Crippen molar-refractivity contribution in [1.82, 2.24) is 5.32 Å². The highest BCUT2D eigenvalue weighted by atomic mass is 35.5. The number of sulfone groups is 1. The summed E-state index contributed by atoms with van der Waals surface area (Å²) in [5.74, 6) is 0.592. The summed E-state index contributed by atoms with van der Waals surface area (Å²) in [4.78, 5) is 12.7. The average molecular weight is 373 g/mol. The number of halogens is 1. The second-order valence-electron chi connectivity index (χ2n) is 6.53. The van der Waals surface area contributed by atoms with E-state index in [1.807, 2.05) is 0 Å². The molecule has 1 amide bonds. The Labute approximate surface area is 149 Å². The number of carbonyl (C=O) groups excluding carboxylic acids is 1. The number of hydrogen-bond acceptors (Lipinski definition) is 4. The Kier molecular flexibility index (Phi) is 6.28. The maximum absolute atomic E-state index is 12.5. The summed E-state index contributed by atoms with van der Waals surface area (Å²) < 4.78 is 23.9. The zero-order valence-corrected chi connectivity index (χ0v) is 15.5. The van der Waals surface area contributed by atoms with Crippen LogP contribution in [0.2, 0.25) is 0 Å². The highest BCUT2D eigenvalue weighted by Gasteiger charge is 2.38. The molecule has 134 valence electrons. The number of hydrogen-bond donors (Lipinski definition) is 2. The molecule has 1 aromatic rings. The molecule has 2 aliphatic rings. The van der Waals surface area contributed by atoms with Gasteiger partial charge in [0.1, 0.15) is 0 Å². The van der Waals surface area contributed by atoms with E-state index in [1.165, 1.54) is 19.3 Å². The molecule has 3 atom stereocenters. The second kappa shape index (κ2) is 7.85. The molecular formula is C17H25ClN2O3S. The number of amides is 1. The molecule has 2 fully saturated rings. The van der Waals surface area contributed by atoms with Crippen LogP contribution in [0.3, 0.4) is 0 Å². The van der Waals surface area contributed by atoms with Gasteiger partial charge in [0.15, 0.2) is 9.84 Å². The normalized spacial score (nSPS) is 26.3. The molecule has 1 saturated carbocycles. The summed E-state index contributed by atoms with van der Waals surface area (Å²) in [6.07, 6.45) is 5.72. The van der Waals surface area contributed by atoms with E-state index >= 15 is 0 Å². The van der Waals surface area contributed by atoms with Gasteiger partial charge in [-0.2, -0.15) is 0 Å². The summed E-state index contributed by atoms with van der Waals surface area (Å²) in [5.41, 5.74) is 0.543. The Morgan fingerprint density at radius 3 is 2.75 bits per heavy atom. The fourth-order valence-corrected chi connectivity index (χ4v) is 4.61. The van der Waals surface area contributed by atoms with E-state index in [9.17, 15) is 13.2 Å². The predicted molar refractivity (Wildman–Crippen MR) is 97.3 cm³/mol. The van der Waals surface area contributed by atoms with Crippen LogP contribution in [-0.4, -0.2) is 32.2 Å². The van der Waals surface area contributed by atoms with Crippen molar-refractivity contribution in [3.8, 4) is 0 Å². The van der Waals surface area contributed by atoms with Crippen molar-refractivity contribution in [2.24, 2.45) is 5.92 Å². The second-order valence-corrected chi connectivity index (χ2v) is 8.80. The van der Waals surface area contributed by atoms with Gasteiger partial charge in [0.05, 0.1) is 16.7 Å². The molecule has 24 heavy (non-hydrogen) atoms. The lowest BCUT2D eigenvalue weighted by Crippen LogP contribution is -2.39. The minimum absolute atomic E-state index is 0. The molecule has 1 heterocycles. The van der Waals surface area contributed by atoms with Gasteiger partial charge in [-0.25, -0.2) is 8.42 Å². The Hall–Kier alpha value is -1.11. The summed E-state index contributed by atoms with van der Waals surface area (Å²) in [7, 11) is -3.26. The van der Waals surface area contributed by atoms with Gasteiger partial charge in [-0.1, -0.05) is 25.8 Å². The van der Waals surface area contributed by atoms with Crippen molar-refractivity contribution in [2.75, 3.05) is 11.1 Å². The summed E-state index contributed by atoms with van der Waals surface area (Å²) in [6, 6.07) is 6.80. The smallest absolute Gasteiger partial charge is 0.241 e. The standard InChI is InChI=1S/C17H24N2O3S.ClH/c1-2-23(21,22)14-8-5-7-13(11-14)18-17(20)16-10-12-6-3-4-9-15(12)19-16;/h5,7-8,11-12,15-16,19H,2-4,6,9-10H2,1H3,(H,18,20);1H. The third-order valence-electron chi connectivity index (χ3n) is 5.02. The van der Waals surface area contributed by atoms with Gasteiger partial charge in [-0.3, -0.25) is 4.79 Å². The van der Waals surface area contributed by atoms with Gasteiger partial charge in [0, 0.05) is 11.7 Å². The van der Waals surface area contributed by atoms with Gasteiger partial charge < -0.3 is 10.6 Å². The number of fused-ring (bicyclic) bond motifs is 1. The molecule has 7 heteroatoms. The van der Waals surface area contributed by atoms with E-state index < -0.39 is 9.84 Å². The molecule has 3 rings (SSSR count). The SMILES string of the molecule is CCS(=O)(=O)c1cccc(NC(=O)C2CC3CCCCC3N2)c1.Cl. The predicted octanol–water partition coefficient (Wildman–Crippen LogP) is 2.76. The maximum atomic E-state index is 12.5. The molecule has 0 radical (unpaired) electrons. The molecule has 1 aliphatic heterocycles. The lowest BCUT2D eigenvalue weighted by molar-refractivity contribution is -0.117. The Balaban J connectivity index is 0.00000208. The first kappa shape index (κ1) is 19.2. The van der Waals surface area contributed by atoms with Crippen LogP contribution in [0.5, 0.6) is 0 Å². The molecule has 0 bridgehead atoms. The number of carbonyl (C=O) groups is 1. The molecule has 1 aromatic carbocycles. The summed E-state index contributed by atoms with van der Waals surface area (Å²) in [5, 5.41) is 6.30. The highest BCUT2D eigenvalue weighted by Crippen LogP contribution is 2.33. The maximum Gasteiger partial charge on any atom is 0.241 e. The fraction of sp³-hybridized carbons (Fsp3) is 0.588. The van der Waals surface area contributed by atoms with Crippen LogP contribution in [-0.2, 0) is 14.6 Å². The van der Waals surface area contributed by atoms with Gasteiger partial charge in [0.2, 0.25) is 5.91 Å². The van der Waals surface area contributed by atoms with Crippen LogP contribution in [0.4, 0.5) is 5.69 Å². The van der Waals surface area contributed by atoms with Crippen molar-refractivity contribution in [1.29, 1.82) is 0 Å². The monoisotopic (exact) mass is 372 g/mol. The molecule has 0 spiro atoms. The van der Waals surface area contributed by atoms with Crippen LogP contribution < -0.4 is 10.6 Å². The Morgan fingerprint density at radius 2 is 2.04 bits per heavy atom. The first-order valence-electron chi connectivity index (χ1n) is 8.39. The number of benzene rings is 1. The number of rotatable bonds is 4. The van der Waals surface area contributed by atoms with Gasteiger partial charge in [-0.15, -0.1) is 12.4 Å². The lowest BCUT2D eigenvalue weighted by atomic mass is 9.85. The van der Waals surface area contributed by atoms with Crippen LogP contribution in [0.15, 0.2) is 29.2 Å². The number of anilines is 1. The first-order valence-corrected chi connectivity index (χ1v) is 10.0. The topological polar surface area (TPSA) is 75.3 Å². The largest absolute Gasteiger partial charge is 0.325 e. The van der Waals surface area contributed by atoms with Crippen molar-refractivity contribution in [3.63, 3.8) is 0 Å². The lowest BCUT2D eigenvalue weighted by Gasteiger charge is -2.24. The van der Waals surface area contributed by atoms with Crippen molar-refractivity contribution in [2.45, 2.75) is 56.0 Å². The minimum atomic E-state index is -3.26. The van der Waals surface area contributed by atoms with Crippen molar-refractivity contribution < 1.29 is 13.2 Å². The quantitative estimate of drug-likeness (QED) is 0.852. The molecule has 3 unspecified atom stereocenters.